The van der Waals surface area contributed by atoms with Crippen LogP contribution in [0.5, 0.6) is 11.5 Å². The second-order valence-electron chi connectivity index (χ2n) is 20.7. The first-order chi connectivity index (χ1) is 29.4. The van der Waals surface area contributed by atoms with Crippen molar-refractivity contribution < 1.29 is 4.74 Å². The molecule has 0 spiro atoms. The van der Waals surface area contributed by atoms with Crippen LogP contribution in [0.2, 0.25) is 0 Å². The van der Waals surface area contributed by atoms with Crippen molar-refractivity contribution in [1.29, 1.82) is 0 Å². The zero-order valence-corrected chi connectivity index (χ0v) is 38.3. The Labute approximate surface area is 368 Å². The molecule has 1 aliphatic rings. The fourth-order valence-electron chi connectivity index (χ4n) is 9.19. The number of para-hydroxylation sites is 1. The van der Waals surface area contributed by atoms with Crippen LogP contribution in [0.1, 0.15) is 104 Å². The minimum absolute atomic E-state index is 0.0256. The lowest BCUT2D eigenvalue weighted by Crippen LogP contribution is -2.24. The van der Waals surface area contributed by atoms with E-state index in [1.54, 1.807) is 0 Å². The number of nitrogens with zero attached hydrogens (tertiary/aromatic N) is 4. The molecule has 0 atom stereocenters. The lowest BCUT2D eigenvalue weighted by Gasteiger charge is -2.32. The molecule has 62 heavy (non-hydrogen) atoms. The molecule has 0 radical (unpaired) electrons. The van der Waals surface area contributed by atoms with Gasteiger partial charge in [-0.2, -0.15) is 0 Å². The first kappa shape index (κ1) is 41.0. The quantitative estimate of drug-likeness (QED) is 0.160. The number of rotatable bonds is 7. The zero-order valence-electron chi connectivity index (χ0n) is 38.3. The maximum Gasteiger partial charge on any atom is 0.137 e. The first-order valence-corrected chi connectivity index (χ1v) is 22.1. The molecule has 0 fully saturated rings. The molecule has 0 aliphatic carbocycles. The van der Waals surface area contributed by atoms with Crippen LogP contribution in [0.25, 0.3) is 27.6 Å². The Kier molecular flexibility index (Phi) is 9.89. The average molecular weight is 817 g/mol. The molecule has 0 unspecified atom stereocenters. The molecule has 3 heterocycles. The van der Waals surface area contributed by atoms with E-state index < -0.39 is 0 Å². The third-order valence-corrected chi connectivity index (χ3v) is 12.8. The SMILES string of the molecule is CC(C)(C)c1cccc(N2CN(c3cccc(Oc4ccc5c6ccccc6n(-c6cc(C(C)(C)c7ccccc7)ccn6)c5c4)c3)c3cc(C(C)(C)C)c(C(C)(C)C)cc32)c1. The molecule has 0 N–H and O–H groups in total. The number of hydrogen-bond donors (Lipinski definition) is 0. The highest BCUT2D eigenvalue weighted by molar-refractivity contribution is 6.09. The number of hydrogen-bond acceptors (Lipinski definition) is 4. The van der Waals surface area contributed by atoms with Crippen molar-refractivity contribution in [3.05, 3.63) is 180 Å². The first-order valence-electron chi connectivity index (χ1n) is 22.1. The minimum Gasteiger partial charge on any atom is -0.457 e. The fourth-order valence-corrected chi connectivity index (χ4v) is 9.19. The van der Waals surface area contributed by atoms with E-state index in [1.165, 1.54) is 50.3 Å². The lowest BCUT2D eigenvalue weighted by atomic mass is 9.74. The van der Waals surface area contributed by atoms with Crippen molar-refractivity contribution in [1.82, 2.24) is 9.55 Å². The smallest absolute Gasteiger partial charge is 0.137 e. The normalized spacial score (nSPS) is 13.6. The van der Waals surface area contributed by atoms with Gasteiger partial charge in [0.2, 0.25) is 0 Å². The summed E-state index contributed by atoms with van der Waals surface area (Å²) in [6.07, 6.45) is 1.94. The van der Waals surface area contributed by atoms with E-state index in [9.17, 15) is 0 Å². The van der Waals surface area contributed by atoms with Gasteiger partial charge >= 0.3 is 0 Å². The summed E-state index contributed by atoms with van der Waals surface area (Å²) in [5.41, 5.74) is 13.2. The molecular weight excluding hydrogens is 757 g/mol. The highest BCUT2D eigenvalue weighted by atomic mass is 16.5. The van der Waals surface area contributed by atoms with E-state index in [2.05, 4.69) is 236 Å². The second-order valence-corrected chi connectivity index (χ2v) is 20.7. The van der Waals surface area contributed by atoms with Crippen LogP contribution in [0.15, 0.2) is 152 Å². The molecule has 0 bridgehead atoms. The van der Waals surface area contributed by atoms with E-state index in [0.29, 0.717) is 6.67 Å². The molecule has 6 aromatic carbocycles. The van der Waals surface area contributed by atoms with E-state index in [-0.39, 0.29) is 21.7 Å². The van der Waals surface area contributed by atoms with Gasteiger partial charge < -0.3 is 14.5 Å². The largest absolute Gasteiger partial charge is 0.457 e. The summed E-state index contributed by atoms with van der Waals surface area (Å²) >= 11 is 0. The number of fused-ring (bicyclic) bond motifs is 4. The third kappa shape index (κ3) is 7.42. The Morgan fingerprint density at radius 1 is 0.452 bits per heavy atom. The topological polar surface area (TPSA) is 33.5 Å². The van der Waals surface area contributed by atoms with Crippen molar-refractivity contribution in [2.24, 2.45) is 0 Å². The van der Waals surface area contributed by atoms with Gasteiger partial charge in [-0.1, -0.05) is 143 Å². The molecule has 5 heteroatoms. The van der Waals surface area contributed by atoms with Crippen LogP contribution >= 0.6 is 0 Å². The maximum atomic E-state index is 6.83. The van der Waals surface area contributed by atoms with Crippen LogP contribution in [-0.2, 0) is 21.7 Å². The molecule has 314 valence electrons. The van der Waals surface area contributed by atoms with Gasteiger partial charge in [-0.25, -0.2) is 4.98 Å². The van der Waals surface area contributed by atoms with Crippen LogP contribution in [0.4, 0.5) is 22.7 Å². The number of ether oxygens (including phenoxy) is 1. The summed E-state index contributed by atoms with van der Waals surface area (Å²) < 4.78 is 9.11. The number of benzene rings is 6. The molecule has 5 nitrogen and oxygen atoms in total. The Bertz CT molecular complexity index is 2950. The summed E-state index contributed by atoms with van der Waals surface area (Å²) in [7, 11) is 0. The third-order valence-electron chi connectivity index (χ3n) is 12.8. The van der Waals surface area contributed by atoms with Crippen LogP contribution in [0, 0.1) is 0 Å². The van der Waals surface area contributed by atoms with Gasteiger partial charge in [0.1, 0.15) is 24.0 Å². The number of anilines is 4. The Balaban J connectivity index is 1.11. The van der Waals surface area contributed by atoms with E-state index in [0.717, 1.165) is 39.4 Å². The second kappa shape index (κ2) is 14.9. The minimum atomic E-state index is -0.205. The summed E-state index contributed by atoms with van der Waals surface area (Å²) in [6.45, 7) is 26.1. The molecule has 8 aromatic rings. The van der Waals surface area contributed by atoms with Crippen molar-refractivity contribution in [2.45, 2.75) is 97.8 Å². The fraction of sp³-hybridized carbons (Fsp3) is 0.281. The van der Waals surface area contributed by atoms with Gasteiger partial charge in [0.15, 0.2) is 0 Å². The van der Waals surface area contributed by atoms with Crippen molar-refractivity contribution in [3.8, 4) is 17.3 Å². The monoisotopic (exact) mass is 816 g/mol. The molecule has 1 aliphatic heterocycles. The van der Waals surface area contributed by atoms with Crippen LogP contribution < -0.4 is 14.5 Å². The Morgan fingerprint density at radius 3 is 1.69 bits per heavy atom. The standard InChI is InChI=1S/C57H60N4O/c1-54(2,3)39-21-17-22-41(31-39)59-37-60(52-36-48(56(7,8)9)47(35-51(52)59)55(4,5)6)42-23-18-24-43(33-42)62-44-27-28-46-45-25-15-16-26-49(45)61(50(46)34-44)53-32-40(29-30-58-53)57(10,11)38-19-13-12-14-20-38/h12-36H,37H2,1-11H3. The lowest BCUT2D eigenvalue weighted by molar-refractivity contribution is 0.483. The Hall–Kier alpha value is -6.33. The van der Waals surface area contributed by atoms with E-state index in [4.69, 9.17) is 9.72 Å². The Morgan fingerprint density at radius 2 is 1.03 bits per heavy atom. The highest BCUT2D eigenvalue weighted by Crippen LogP contribution is 2.50. The van der Waals surface area contributed by atoms with E-state index in [1.807, 2.05) is 6.20 Å². The molecule has 0 amide bonds. The van der Waals surface area contributed by atoms with Crippen molar-refractivity contribution >= 4 is 44.6 Å². The summed E-state index contributed by atoms with van der Waals surface area (Å²) in [4.78, 5) is 9.91. The van der Waals surface area contributed by atoms with Gasteiger partial charge in [0.25, 0.3) is 0 Å². The number of aromatic nitrogens is 2. The van der Waals surface area contributed by atoms with Gasteiger partial charge in [0.05, 0.1) is 22.4 Å². The van der Waals surface area contributed by atoms with Gasteiger partial charge in [-0.05, 0) is 111 Å². The molecule has 0 saturated carbocycles. The summed E-state index contributed by atoms with van der Waals surface area (Å²) in [5.74, 6) is 2.43. The predicted molar refractivity (Wildman–Crippen MR) is 262 cm³/mol. The van der Waals surface area contributed by atoms with Gasteiger partial charge in [0, 0.05) is 45.9 Å². The molecule has 2 aromatic heterocycles. The van der Waals surface area contributed by atoms with Crippen molar-refractivity contribution in [3.63, 3.8) is 0 Å². The van der Waals surface area contributed by atoms with Crippen molar-refractivity contribution in [2.75, 3.05) is 16.5 Å². The average Bonchev–Trinajstić information content (AvgIpc) is 3.78. The van der Waals surface area contributed by atoms with E-state index >= 15 is 0 Å². The van der Waals surface area contributed by atoms with Gasteiger partial charge in [-0.15, -0.1) is 0 Å². The molecule has 9 rings (SSSR count). The maximum absolute atomic E-state index is 6.83. The molecular formula is C57H60N4O. The van der Waals surface area contributed by atoms with Crippen LogP contribution in [0.3, 0.4) is 0 Å². The number of pyridine rings is 1. The predicted octanol–water partition coefficient (Wildman–Crippen LogP) is 15.4. The van der Waals surface area contributed by atoms with Gasteiger partial charge in [-0.3, -0.25) is 4.57 Å². The van der Waals surface area contributed by atoms with Crippen LogP contribution in [-0.4, -0.2) is 16.2 Å². The zero-order chi connectivity index (χ0) is 43.8. The summed E-state index contributed by atoms with van der Waals surface area (Å²) in [6, 6.07) is 52.7. The highest BCUT2D eigenvalue weighted by Gasteiger charge is 2.35. The summed E-state index contributed by atoms with van der Waals surface area (Å²) in [5, 5.41) is 2.34. The molecule has 0 saturated heterocycles.